The van der Waals surface area contributed by atoms with E-state index >= 15 is 0 Å². The lowest BCUT2D eigenvalue weighted by Gasteiger charge is -2.23. The van der Waals surface area contributed by atoms with E-state index in [9.17, 15) is 0 Å². The van der Waals surface area contributed by atoms with Gasteiger partial charge in [0.05, 0.1) is 12.6 Å². The zero-order valence-corrected chi connectivity index (χ0v) is 10.1. The zero-order chi connectivity index (χ0) is 11.0. The molecule has 3 rings (SSSR count). The van der Waals surface area contributed by atoms with E-state index in [1.165, 1.54) is 41.4 Å². The molecule has 16 heavy (non-hydrogen) atoms. The minimum absolute atomic E-state index is 0.436. The first kappa shape index (κ1) is 10.4. The smallest absolute Gasteiger partial charge is 0.142 e. The highest BCUT2D eigenvalue weighted by Gasteiger charge is 2.31. The molecule has 2 heterocycles. The first-order valence-corrected chi connectivity index (χ1v) is 6.71. The second-order valence-corrected chi connectivity index (χ2v) is 5.42. The average Bonchev–Trinajstić information content (AvgIpc) is 3.07. The van der Waals surface area contributed by atoms with Crippen molar-refractivity contribution in [2.45, 2.75) is 37.6 Å². The van der Waals surface area contributed by atoms with Crippen LogP contribution in [0.1, 0.15) is 37.2 Å². The molecule has 0 amide bonds. The van der Waals surface area contributed by atoms with Crippen LogP contribution in [0.5, 0.6) is 0 Å². The van der Waals surface area contributed by atoms with Crippen LogP contribution in [-0.4, -0.2) is 23.6 Å². The number of hydrogen-bond acceptors (Lipinski definition) is 5. The Morgan fingerprint density at radius 2 is 2.25 bits per heavy atom. The van der Waals surface area contributed by atoms with Gasteiger partial charge in [0.25, 0.3) is 0 Å². The molecule has 3 N–H and O–H groups in total. The van der Waals surface area contributed by atoms with Gasteiger partial charge >= 0.3 is 0 Å². The number of nitrogen functional groups attached to an aromatic ring is 1. The largest absolute Gasteiger partial charge is 0.383 e. The number of nitrogens with one attached hydrogen (secondary N) is 1. The molecular weight excluding hydrogens is 222 g/mol. The highest BCUT2D eigenvalue weighted by Crippen LogP contribution is 2.47. The zero-order valence-electron chi connectivity index (χ0n) is 9.24. The molecule has 0 spiro atoms. The van der Waals surface area contributed by atoms with Crippen LogP contribution in [0.3, 0.4) is 0 Å². The van der Waals surface area contributed by atoms with Crippen molar-refractivity contribution in [3.8, 4) is 0 Å². The Bertz CT molecular complexity index is 369. The lowest BCUT2D eigenvalue weighted by molar-refractivity contribution is 0.0877. The Labute approximate surface area is 99.3 Å². The topological polar surface area (TPSA) is 60.2 Å². The summed E-state index contributed by atoms with van der Waals surface area (Å²) >= 11 is 1.50. The van der Waals surface area contributed by atoms with E-state index in [2.05, 4.69) is 9.69 Å². The van der Waals surface area contributed by atoms with Crippen LogP contribution in [0, 0.1) is 0 Å². The van der Waals surface area contributed by atoms with Gasteiger partial charge in [-0.3, -0.25) is 0 Å². The number of nitrogens with two attached hydrogens (primary N) is 1. The summed E-state index contributed by atoms with van der Waals surface area (Å²) in [5, 5.41) is 4.72. The fraction of sp³-hybridized carbons (Fsp3) is 0.727. The van der Waals surface area contributed by atoms with Crippen LogP contribution in [0.4, 0.5) is 10.8 Å². The van der Waals surface area contributed by atoms with E-state index < -0.39 is 0 Å². The van der Waals surface area contributed by atoms with E-state index in [0.29, 0.717) is 12.0 Å². The minimum atomic E-state index is 0.436. The molecule has 88 valence electrons. The number of aromatic nitrogens is 1. The maximum absolute atomic E-state index is 5.92. The molecule has 2 fully saturated rings. The highest BCUT2D eigenvalue weighted by atomic mass is 32.1. The summed E-state index contributed by atoms with van der Waals surface area (Å²) in [6.07, 6.45) is 4.85. The van der Waals surface area contributed by atoms with Gasteiger partial charge in [-0.2, -0.15) is 4.37 Å². The molecule has 1 aromatic rings. The normalized spacial score (nSPS) is 25.6. The molecule has 1 atom stereocenters. The Morgan fingerprint density at radius 3 is 2.94 bits per heavy atom. The summed E-state index contributed by atoms with van der Waals surface area (Å²) in [5.74, 6) is 1.39. The van der Waals surface area contributed by atoms with Crippen LogP contribution in [0.2, 0.25) is 0 Å². The Kier molecular flexibility index (Phi) is 2.73. The summed E-state index contributed by atoms with van der Waals surface area (Å²) < 4.78 is 9.73. The van der Waals surface area contributed by atoms with Crippen LogP contribution >= 0.6 is 11.5 Å². The summed E-state index contributed by atoms with van der Waals surface area (Å²) in [7, 11) is 0. The number of anilines is 2. The van der Waals surface area contributed by atoms with Crippen molar-refractivity contribution >= 4 is 22.4 Å². The molecule has 1 aromatic heterocycles. The maximum atomic E-state index is 5.92. The Hall–Kier alpha value is -0.810. The van der Waals surface area contributed by atoms with Gasteiger partial charge in [-0.05, 0) is 43.1 Å². The second kappa shape index (κ2) is 4.22. The van der Waals surface area contributed by atoms with E-state index in [4.69, 9.17) is 10.5 Å². The number of rotatable bonds is 3. The standard InChI is InChI=1S/C11H17N3OS/c12-10-9(7-3-4-7)11(16-14-10)13-8-2-1-5-15-6-8/h7-8,13H,1-6H2,(H2,12,14). The number of ether oxygens (including phenoxy) is 1. The van der Waals surface area contributed by atoms with Gasteiger partial charge in [-0.25, -0.2) is 0 Å². The van der Waals surface area contributed by atoms with Crippen molar-refractivity contribution in [1.82, 2.24) is 4.37 Å². The van der Waals surface area contributed by atoms with E-state index in [1.54, 1.807) is 0 Å². The lowest BCUT2D eigenvalue weighted by Crippen LogP contribution is -2.29. The van der Waals surface area contributed by atoms with Crippen LogP contribution in [0.15, 0.2) is 0 Å². The molecule has 5 heteroatoms. The van der Waals surface area contributed by atoms with Gasteiger partial charge in [-0.15, -0.1) is 0 Å². The molecule has 0 aromatic carbocycles. The number of hydrogen-bond donors (Lipinski definition) is 2. The number of nitrogens with zero attached hydrogens (tertiary/aromatic N) is 1. The van der Waals surface area contributed by atoms with Gasteiger partial charge in [0, 0.05) is 12.2 Å². The Balaban J connectivity index is 1.73. The molecular formula is C11H17N3OS. The summed E-state index contributed by atoms with van der Waals surface area (Å²) in [6.45, 7) is 1.71. The minimum Gasteiger partial charge on any atom is -0.383 e. The lowest BCUT2D eigenvalue weighted by atomic mass is 10.1. The molecule has 1 unspecified atom stereocenters. The van der Waals surface area contributed by atoms with Crippen molar-refractivity contribution in [3.05, 3.63) is 5.56 Å². The summed E-state index contributed by atoms with van der Waals surface area (Å²) in [5.41, 5.74) is 7.18. The maximum Gasteiger partial charge on any atom is 0.142 e. The van der Waals surface area contributed by atoms with Crippen molar-refractivity contribution < 1.29 is 4.74 Å². The molecule has 4 nitrogen and oxygen atoms in total. The molecule has 1 aliphatic heterocycles. The SMILES string of the molecule is Nc1nsc(NC2CCCOC2)c1C1CC1. The van der Waals surface area contributed by atoms with E-state index in [1.807, 2.05) is 0 Å². The van der Waals surface area contributed by atoms with Gasteiger partial charge in [-0.1, -0.05) is 0 Å². The molecule has 0 bridgehead atoms. The summed E-state index contributed by atoms with van der Waals surface area (Å²) in [4.78, 5) is 0. The van der Waals surface area contributed by atoms with E-state index in [-0.39, 0.29) is 0 Å². The summed E-state index contributed by atoms with van der Waals surface area (Å²) in [6, 6.07) is 0.436. The highest BCUT2D eigenvalue weighted by molar-refractivity contribution is 7.10. The Morgan fingerprint density at radius 1 is 1.38 bits per heavy atom. The predicted octanol–water partition coefficient (Wildman–Crippen LogP) is 2.19. The second-order valence-electron chi connectivity index (χ2n) is 4.64. The first-order chi connectivity index (χ1) is 7.84. The molecule has 1 saturated carbocycles. The molecule has 1 aliphatic carbocycles. The van der Waals surface area contributed by atoms with Crippen molar-refractivity contribution in [3.63, 3.8) is 0 Å². The molecule has 2 aliphatic rings. The van der Waals surface area contributed by atoms with Crippen LogP contribution in [-0.2, 0) is 4.74 Å². The van der Waals surface area contributed by atoms with Gasteiger partial charge < -0.3 is 15.8 Å². The van der Waals surface area contributed by atoms with Gasteiger partial charge in [0.1, 0.15) is 10.8 Å². The third-order valence-corrected chi connectivity index (χ3v) is 4.05. The third-order valence-electron chi connectivity index (χ3n) is 3.24. The van der Waals surface area contributed by atoms with Crippen molar-refractivity contribution in [2.75, 3.05) is 24.3 Å². The first-order valence-electron chi connectivity index (χ1n) is 5.94. The fourth-order valence-electron chi connectivity index (χ4n) is 2.22. The third kappa shape index (κ3) is 2.01. The average molecular weight is 239 g/mol. The van der Waals surface area contributed by atoms with Gasteiger partial charge in [0.15, 0.2) is 0 Å². The fourth-order valence-corrected chi connectivity index (χ4v) is 3.10. The van der Waals surface area contributed by atoms with Crippen molar-refractivity contribution in [1.29, 1.82) is 0 Å². The molecule has 0 radical (unpaired) electrons. The van der Waals surface area contributed by atoms with Crippen molar-refractivity contribution in [2.24, 2.45) is 0 Å². The van der Waals surface area contributed by atoms with Gasteiger partial charge in [0.2, 0.25) is 0 Å². The van der Waals surface area contributed by atoms with Crippen LogP contribution < -0.4 is 11.1 Å². The molecule has 1 saturated heterocycles. The predicted molar refractivity (Wildman–Crippen MR) is 66.0 cm³/mol. The quantitative estimate of drug-likeness (QED) is 0.849. The van der Waals surface area contributed by atoms with Crippen LogP contribution in [0.25, 0.3) is 0 Å². The van der Waals surface area contributed by atoms with E-state index in [0.717, 1.165) is 25.5 Å². The monoisotopic (exact) mass is 239 g/mol.